The van der Waals surface area contributed by atoms with Crippen molar-refractivity contribution < 1.29 is 14.7 Å². The molecular weight excluding hydrogens is 280 g/mol. The Morgan fingerprint density at radius 3 is 2.77 bits per heavy atom. The second-order valence-corrected chi connectivity index (χ2v) is 5.39. The molecule has 0 aromatic heterocycles. The molecule has 5 nitrogen and oxygen atoms in total. The molecule has 0 saturated carbocycles. The monoisotopic (exact) mass is 298 g/mol. The number of hydroxylamine groups is 1. The van der Waals surface area contributed by atoms with Gasteiger partial charge in [-0.15, -0.1) is 0 Å². The van der Waals surface area contributed by atoms with Crippen LogP contribution in [0.1, 0.15) is 22.8 Å². The number of hydrogen-bond donors (Lipinski definition) is 2. The Balaban J connectivity index is 1.93. The number of hydrogen-bond acceptors (Lipinski definition) is 4. The fraction of sp³-hybridized carbons (Fsp3) is 0.235. The zero-order chi connectivity index (χ0) is 15.5. The molecule has 0 radical (unpaired) electrons. The molecule has 1 aliphatic heterocycles. The molecule has 1 heterocycles. The molecule has 2 N–H and O–H groups in total. The molecule has 0 bridgehead atoms. The lowest BCUT2D eigenvalue weighted by atomic mass is 10.1. The van der Waals surface area contributed by atoms with E-state index in [1.54, 1.807) is 17.6 Å². The van der Waals surface area contributed by atoms with Gasteiger partial charge in [-0.2, -0.15) is 0 Å². The van der Waals surface area contributed by atoms with Gasteiger partial charge in [-0.05, 0) is 31.2 Å². The predicted octanol–water partition coefficient (Wildman–Crippen LogP) is 2.59. The zero-order valence-corrected chi connectivity index (χ0v) is 12.3. The minimum atomic E-state index is -0.538. The van der Waals surface area contributed by atoms with E-state index in [9.17, 15) is 4.79 Å². The van der Waals surface area contributed by atoms with Crippen LogP contribution in [-0.2, 0) is 6.54 Å². The lowest BCUT2D eigenvalue weighted by Gasteiger charge is -2.28. The van der Waals surface area contributed by atoms with E-state index in [1.165, 1.54) is 0 Å². The first-order valence-electron chi connectivity index (χ1n) is 7.21. The highest BCUT2D eigenvalue weighted by Gasteiger charge is 2.22. The van der Waals surface area contributed by atoms with E-state index < -0.39 is 5.91 Å². The van der Waals surface area contributed by atoms with Crippen molar-refractivity contribution in [3.63, 3.8) is 0 Å². The predicted molar refractivity (Wildman–Crippen MR) is 83.3 cm³/mol. The fourth-order valence-corrected chi connectivity index (χ4v) is 2.63. The van der Waals surface area contributed by atoms with Gasteiger partial charge < -0.3 is 9.64 Å². The van der Waals surface area contributed by atoms with Crippen LogP contribution in [-0.4, -0.2) is 23.8 Å². The van der Waals surface area contributed by atoms with Crippen molar-refractivity contribution in [2.75, 3.05) is 11.5 Å². The van der Waals surface area contributed by atoms with Crippen molar-refractivity contribution in [2.45, 2.75) is 19.5 Å². The summed E-state index contributed by atoms with van der Waals surface area (Å²) in [5.41, 5.74) is 4.18. The lowest BCUT2D eigenvalue weighted by molar-refractivity contribution is 0.0706. The number of amides is 1. The summed E-state index contributed by atoms with van der Waals surface area (Å²) in [4.78, 5) is 13.8. The number of fused-ring (bicyclic) bond motifs is 1. The van der Waals surface area contributed by atoms with Gasteiger partial charge in [0, 0.05) is 23.4 Å². The van der Waals surface area contributed by atoms with Crippen molar-refractivity contribution in [3.8, 4) is 5.75 Å². The summed E-state index contributed by atoms with van der Waals surface area (Å²) < 4.78 is 5.84. The highest BCUT2D eigenvalue weighted by atomic mass is 16.5. The van der Waals surface area contributed by atoms with Crippen LogP contribution in [0.25, 0.3) is 0 Å². The quantitative estimate of drug-likeness (QED) is 0.661. The minimum absolute atomic E-state index is 0.213. The van der Waals surface area contributed by atoms with Gasteiger partial charge in [-0.1, -0.05) is 24.3 Å². The number of anilines is 1. The summed E-state index contributed by atoms with van der Waals surface area (Å²) in [6.07, 6.45) is 0. The molecule has 22 heavy (non-hydrogen) atoms. The largest absolute Gasteiger partial charge is 0.491 e. The van der Waals surface area contributed by atoms with Gasteiger partial charge in [0.1, 0.15) is 12.4 Å². The van der Waals surface area contributed by atoms with Crippen LogP contribution in [0.2, 0.25) is 0 Å². The van der Waals surface area contributed by atoms with E-state index >= 15 is 0 Å². The molecule has 114 valence electrons. The van der Waals surface area contributed by atoms with Crippen molar-refractivity contribution >= 4 is 11.6 Å². The molecule has 2 aromatic rings. The summed E-state index contributed by atoms with van der Waals surface area (Å²) >= 11 is 0. The smallest absolute Gasteiger partial charge is 0.274 e. The maximum Gasteiger partial charge on any atom is 0.274 e. The lowest BCUT2D eigenvalue weighted by Crippen LogP contribution is -2.34. The van der Waals surface area contributed by atoms with Gasteiger partial charge >= 0.3 is 0 Å². The molecular formula is C17H18N2O3. The molecule has 0 fully saturated rings. The third kappa shape index (κ3) is 2.76. The zero-order valence-electron chi connectivity index (χ0n) is 12.3. The Hall–Kier alpha value is -2.53. The molecule has 0 spiro atoms. The van der Waals surface area contributed by atoms with E-state index in [0.717, 1.165) is 11.3 Å². The Labute approximate surface area is 129 Å². The third-order valence-corrected chi connectivity index (χ3v) is 3.87. The second kappa shape index (κ2) is 6.07. The number of nitrogens with zero attached hydrogens (tertiary/aromatic N) is 1. The highest BCUT2D eigenvalue weighted by Crippen LogP contribution is 2.29. The topological polar surface area (TPSA) is 61.8 Å². The van der Waals surface area contributed by atoms with Crippen LogP contribution in [0.4, 0.5) is 5.69 Å². The highest BCUT2D eigenvalue weighted by molar-refractivity contribution is 5.93. The Bertz CT molecular complexity index is 673. The van der Waals surface area contributed by atoms with Crippen LogP contribution < -0.4 is 15.1 Å². The average molecular weight is 298 g/mol. The molecule has 0 saturated heterocycles. The summed E-state index contributed by atoms with van der Waals surface area (Å²) in [5.74, 6) is 0.148. The van der Waals surface area contributed by atoms with Crippen molar-refractivity contribution in [1.82, 2.24) is 5.48 Å². The van der Waals surface area contributed by atoms with E-state index in [0.29, 0.717) is 24.5 Å². The Morgan fingerprint density at radius 1 is 1.27 bits per heavy atom. The Morgan fingerprint density at radius 2 is 2.05 bits per heavy atom. The van der Waals surface area contributed by atoms with Crippen LogP contribution in [0, 0.1) is 0 Å². The maximum absolute atomic E-state index is 11.5. The number of ether oxygens (including phenoxy) is 1. The Kier molecular flexibility index (Phi) is 3.98. The fourth-order valence-electron chi connectivity index (χ4n) is 2.63. The molecule has 1 amide bonds. The molecule has 2 aromatic carbocycles. The van der Waals surface area contributed by atoms with Crippen molar-refractivity contribution in [1.29, 1.82) is 0 Å². The van der Waals surface area contributed by atoms with Gasteiger partial charge in [0.15, 0.2) is 0 Å². The number of para-hydroxylation sites is 1. The first-order valence-corrected chi connectivity index (χ1v) is 7.21. The SMILES string of the molecule is CC1COc2cc(C(=O)NO)ccc2CN1c1ccccc1. The van der Waals surface area contributed by atoms with Crippen molar-refractivity contribution in [2.24, 2.45) is 0 Å². The average Bonchev–Trinajstić information content (AvgIpc) is 2.74. The minimum Gasteiger partial charge on any atom is -0.491 e. The van der Waals surface area contributed by atoms with Gasteiger partial charge in [-0.3, -0.25) is 10.0 Å². The summed E-state index contributed by atoms with van der Waals surface area (Å²) in [7, 11) is 0. The number of benzene rings is 2. The maximum atomic E-state index is 11.5. The summed E-state index contributed by atoms with van der Waals surface area (Å²) in [6, 6.07) is 15.6. The van der Waals surface area contributed by atoms with Gasteiger partial charge in [0.25, 0.3) is 5.91 Å². The van der Waals surface area contributed by atoms with Crippen molar-refractivity contribution in [3.05, 3.63) is 59.7 Å². The van der Waals surface area contributed by atoms with E-state index in [-0.39, 0.29) is 6.04 Å². The van der Waals surface area contributed by atoms with E-state index in [4.69, 9.17) is 9.94 Å². The number of carbonyl (C=O) groups excluding carboxylic acids is 1. The van der Waals surface area contributed by atoms with E-state index in [2.05, 4.69) is 24.0 Å². The number of nitrogens with one attached hydrogen (secondary N) is 1. The first kappa shape index (κ1) is 14.4. The molecule has 0 aliphatic carbocycles. The summed E-state index contributed by atoms with van der Waals surface area (Å²) in [5, 5.41) is 8.73. The number of carbonyl (C=O) groups is 1. The number of rotatable bonds is 2. The van der Waals surface area contributed by atoms with Crippen LogP contribution in [0.5, 0.6) is 5.75 Å². The second-order valence-electron chi connectivity index (χ2n) is 5.39. The first-order chi connectivity index (χ1) is 10.7. The van der Waals surface area contributed by atoms with Gasteiger partial charge in [-0.25, -0.2) is 5.48 Å². The molecule has 5 heteroatoms. The van der Waals surface area contributed by atoms with E-state index in [1.807, 2.05) is 24.3 Å². The summed E-state index contributed by atoms with van der Waals surface area (Å²) in [6.45, 7) is 3.36. The van der Waals surface area contributed by atoms with Crippen LogP contribution >= 0.6 is 0 Å². The molecule has 3 rings (SSSR count). The van der Waals surface area contributed by atoms with Gasteiger partial charge in [0.2, 0.25) is 0 Å². The standard InChI is InChI=1S/C17H18N2O3/c1-12-11-22-16-9-13(17(20)18-21)7-8-14(16)10-19(12)15-5-3-2-4-6-15/h2-9,12,21H,10-11H2,1H3,(H,18,20). The van der Waals surface area contributed by atoms with Gasteiger partial charge in [0.05, 0.1) is 6.04 Å². The van der Waals surface area contributed by atoms with Crippen LogP contribution in [0.3, 0.4) is 0 Å². The van der Waals surface area contributed by atoms with Crippen LogP contribution in [0.15, 0.2) is 48.5 Å². The molecule has 1 aliphatic rings. The molecule has 1 unspecified atom stereocenters. The normalized spacial score (nSPS) is 17.2. The third-order valence-electron chi connectivity index (χ3n) is 3.87. The molecule has 1 atom stereocenters.